The van der Waals surface area contributed by atoms with Crippen molar-refractivity contribution in [2.24, 2.45) is 5.10 Å². The number of carbonyl (C=O) groups is 2. The highest BCUT2D eigenvalue weighted by molar-refractivity contribution is 5.83. The van der Waals surface area contributed by atoms with E-state index >= 15 is 0 Å². The second-order valence-corrected chi connectivity index (χ2v) is 6.30. The Balaban J connectivity index is 1.80. The van der Waals surface area contributed by atoms with Crippen molar-refractivity contribution in [3.63, 3.8) is 0 Å². The van der Waals surface area contributed by atoms with Crippen molar-refractivity contribution in [2.75, 3.05) is 13.2 Å². The Labute approximate surface area is 151 Å². The summed E-state index contributed by atoms with van der Waals surface area (Å²) < 4.78 is 5.42. The molecule has 1 aliphatic rings. The van der Waals surface area contributed by atoms with Gasteiger partial charge in [0.1, 0.15) is 13.2 Å². The van der Waals surface area contributed by atoms with E-state index in [9.17, 15) is 9.59 Å². The number of carbonyl (C=O) groups excluding carboxylic acids is 1. The van der Waals surface area contributed by atoms with Crippen LogP contribution in [-0.4, -0.2) is 41.0 Å². The predicted molar refractivity (Wildman–Crippen MR) is 98.2 cm³/mol. The van der Waals surface area contributed by atoms with E-state index in [1.165, 1.54) is 0 Å². The molecule has 1 N–H and O–H groups in total. The zero-order chi connectivity index (χ0) is 18.7. The van der Waals surface area contributed by atoms with Gasteiger partial charge in [0.05, 0.1) is 0 Å². The first kappa shape index (κ1) is 17.7. The van der Waals surface area contributed by atoms with Crippen LogP contribution in [0.3, 0.4) is 0 Å². The van der Waals surface area contributed by atoms with Gasteiger partial charge in [-0.1, -0.05) is 48.5 Å². The highest BCUT2D eigenvalue weighted by Gasteiger charge is 2.30. The quantitative estimate of drug-likeness (QED) is 0.657. The lowest BCUT2D eigenvalue weighted by atomic mass is 9.98. The average molecular weight is 352 g/mol. The number of carboxylic acid groups (broad SMARTS) is 1. The maximum absolute atomic E-state index is 12.3. The van der Waals surface area contributed by atoms with Gasteiger partial charge in [0.2, 0.25) is 0 Å². The van der Waals surface area contributed by atoms with Crippen molar-refractivity contribution in [3.8, 4) is 11.1 Å². The minimum absolute atomic E-state index is 0.0790. The van der Waals surface area contributed by atoms with E-state index in [1.54, 1.807) is 13.8 Å². The third-order valence-electron chi connectivity index (χ3n) is 4.15. The summed E-state index contributed by atoms with van der Waals surface area (Å²) >= 11 is 0. The van der Waals surface area contributed by atoms with Crippen LogP contribution in [0, 0.1) is 0 Å². The molecule has 0 atom stereocenters. The fraction of sp³-hybridized carbons (Fsp3) is 0.250. The zero-order valence-corrected chi connectivity index (χ0v) is 14.7. The van der Waals surface area contributed by atoms with Crippen LogP contribution in [0.2, 0.25) is 0 Å². The molecule has 2 aromatic carbocycles. The Kier molecular flexibility index (Phi) is 5.02. The molecule has 0 bridgehead atoms. The van der Waals surface area contributed by atoms with Crippen LogP contribution in [0.15, 0.2) is 53.6 Å². The van der Waals surface area contributed by atoms with E-state index in [-0.39, 0.29) is 12.5 Å². The normalized spacial score (nSPS) is 12.1. The fourth-order valence-corrected chi connectivity index (χ4v) is 3.18. The van der Waals surface area contributed by atoms with Crippen LogP contribution < -0.4 is 0 Å². The molecule has 1 aliphatic carbocycles. The Morgan fingerprint density at radius 1 is 1.04 bits per heavy atom. The van der Waals surface area contributed by atoms with Crippen LogP contribution in [0.5, 0.6) is 0 Å². The fourth-order valence-electron chi connectivity index (χ4n) is 3.18. The molecule has 0 aromatic heterocycles. The second kappa shape index (κ2) is 7.39. The summed E-state index contributed by atoms with van der Waals surface area (Å²) in [7, 11) is 0. The number of rotatable bonds is 5. The van der Waals surface area contributed by atoms with Gasteiger partial charge in [-0.2, -0.15) is 10.1 Å². The molecule has 0 radical (unpaired) electrons. The lowest BCUT2D eigenvalue weighted by Crippen LogP contribution is -2.33. The first-order valence-corrected chi connectivity index (χ1v) is 8.33. The Morgan fingerprint density at radius 3 is 2.08 bits per heavy atom. The highest BCUT2D eigenvalue weighted by atomic mass is 16.6. The van der Waals surface area contributed by atoms with Crippen LogP contribution in [-0.2, 0) is 9.53 Å². The maximum atomic E-state index is 12.3. The molecule has 1 amide bonds. The van der Waals surface area contributed by atoms with Crippen molar-refractivity contribution in [3.05, 3.63) is 59.7 Å². The number of aliphatic carboxylic acids is 1. The Morgan fingerprint density at radius 2 is 1.58 bits per heavy atom. The van der Waals surface area contributed by atoms with Gasteiger partial charge in [-0.25, -0.2) is 4.79 Å². The molecule has 6 nitrogen and oxygen atoms in total. The van der Waals surface area contributed by atoms with Gasteiger partial charge in [0.25, 0.3) is 0 Å². The summed E-state index contributed by atoms with van der Waals surface area (Å²) in [5.74, 6) is -1.23. The van der Waals surface area contributed by atoms with E-state index < -0.39 is 18.6 Å². The highest BCUT2D eigenvalue weighted by Crippen LogP contribution is 2.44. The first-order chi connectivity index (χ1) is 12.5. The van der Waals surface area contributed by atoms with Gasteiger partial charge in [0, 0.05) is 11.6 Å². The van der Waals surface area contributed by atoms with E-state index in [2.05, 4.69) is 17.2 Å². The number of ether oxygens (including phenoxy) is 1. The molecule has 0 aliphatic heterocycles. The van der Waals surface area contributed by atoms with Gasteiger partial charge in [-0.05, 0) is 36.1 Å². The Bertz CT molecular complexity index is 826. The van der Waals surface area contributed by atoms with Gasteiger partial charge in [0.15, 0.2) is 0 Å². The molecule has 0 saturated heterocycles. The lowest BCUT2D eigenvalue weighted by molar-refractivity contribution is -0.138. The molecular formula is C20H20N2O4. The summed E-state index contributed by atoms with van der Waals surface area (Å²) in [6, 6.07) is 16.0. The van der Waals surface area contributed by atoms with Crippen LogP contribution in [0.25, 0.3) is 11.1 Å². The number of benzene rings is 2. The molecular weight excluding hydrogens is 332 g/mol. The topological polar surface area (TPSA) is 79.2 Å². The molecule has 2 aromatic rings. The number of amides is 1. The smallest absolute Gasteiger partial charge is 0.430 e. The van der Waals surface area contributed by atoms with E-state index in [1.807, 2.05) is 36.4 Å². The minimum atomic E-state index is -1.15. The molecule has 26 heavy (non-hydrogen) atoms. The number of hydrazone groups is 1. The molecule has 6 heteroatoms. The van der Waals surface area contributed by atoms with E-state index in [0.29, 0.717) is 5.71 Å². The van der Waals surface area contributed by atoms with Crippen LogP contribution in [0.4, 0.5) is 4.79 Å². The summed E-state index contributed by atoms with van der Waals surface area (Å²) in [5.41, 5.74) is 5.03. The largest absolute Gasteiger partial charge is 0.480 e. The number of hydrogen-bond donors (Lipinski definition) is 1. The van der Waals surface area contributed by atoms with E-state index in [0.717, 1.165) is 27.3 Å². The predicted octanol–water partition coefficient (Wildman–Crippen LogP) is 3.72. The van der Waals surface area contributed by atoms with Gasteiger partial charge in [-0.3, -0.25) is 4.79 Å². The average Bonchev–Trinajstić information content (AvgIpc) is 2.92. The summed E-state index contributed by atoms with van der Waals surface area (Å²) in [5, 5.41) is 13.8. The minimum Gasteiger partial charge on any atom is -0.480 e. The third kappa shape index (κ3) is 3.59. The molecule has 0 unspecified atom stereocenters. The molecule has 3 rings (SSSR count). The summed E-state index contributed by atoms with van der Waals surface area (Å²) in [6.07, 6.45) is -0.768. The monoisotopic (exact) mass is 352 g/mol. The Hall–Kier alpha value is -3.15. The molecule has 0 spiro atoms. The second-order valence-electron chi connectivity index (χ2n) is 6.30. The van der Waals surface area contributed by atoms with Crippen molar-refractivity contribution in [1.82, 2.24) is 5.01 Å². The van der Waals surface area contributed by atoms with Gasteiger partial charge in [-0.15, -0.1) is 0 Å². The van der Waals surface area contributed by atoms with E-state index in [4.69, 9.17) is 9.84 Å². The standard InChI is InChI=1S/C20H20N2O4/c1-13(2)21-22(11-19(23)24)20(25)26-12-18-16-9-5-3-7-14(16)15-8-4-6-10-17(15)18/h3-10,18H,11-12H2,1-2H3,(H,23,24). The third-order valence-corrected chi connectivity index (χ3v) is 4.15. The summed E-state index contributed by atoms with van der Waals surface area (Å²) in [4.78, 5) is 23.3. The first-order valence-electron chi connectivity index (χ1n) is 8.33. The van der Waals surface area contributed by atoms with Crippen molar-refractivity contribution < 1.29 is 19.4 Å². The zero-order valence-electron chi connectivity index (χ0n) is 14.7. The molecule has 134 valence electrons. The van der Waals surface area contributed by atoms with Crippen LogP contribution in [0.1, 0.15) is 30.9 Å². The van der Waals surface area contributed by atoms with Crippen LogP contribution >= 0.6 is 0 Å². The van der Waals surface area contributed by atoms with Gasteiger partial charge < -0.3 is 9.84 Å². The maximum Gasteiger partial charge on any atom is 0.430 e. The van der Waals surface area contributed by atoms with Crippen molar-refractivity contribution in [2.45, 2.75) is 19.8 Å². The number of nitrogens with zero attached hydrogens (tertiary/aromatic N) is 2. The van der Waals surface area contributed by atoms with Crippen molar-refractivity contribution >= 4 is 17.8 Å². The molecule has 0 saturated carbocycles. The summed E-state index contributed by atoms with van der Waals surface area (Å²) in [6.45, 7) is 2.96. The number of hydrogen-bond acceptors (Lipinski definition) is 4. The SMILES string of the molecule is CC(C)=NN(CC(=O)O)C(=O)OCC1c2ccccc2-c2ccccc21. The molecule has 0 heterocycles. The number of carboxylic acids is 1. The van der Waals surface area contributed by atoms with Gasteiger partial charge >= 0.3 is 12.1 Å². The van der Waals surface area contributed by atoms with Crippen molar-refractivity contribution in [1.29, 1.82) is 0 Å². The molecule has 0 fully saturated rings. The lowest BCUT2D eigenvalue weighted by Gasteiger charge is -2.18. The number of fused-ring (bicyclic) bond motifs is 3.